The van der Waals surface area contributed by atoms with Crippen molar-refractivity contribution in [3.8, 4) is 0 Å². The Hall–Kier alpha value is -0.370. The van der Waals surface area contributed by atoms with Crippen molar-refractivity contribution in [2.24, 2.45) is 0 Å². The van der Waals surface area contributed by atoms with Crippen LogP contribution >= 0.6 is 27.3 Å². The first-order valence-electron chi connectivity index (χ1n) is 5.09. The molecular weight excluding hydrogens is 319 g/mol. The van der Waals surface area contributed by atoms with Gasteiger partial charge in [0.25, 0.3) is 0 Å². The zero-order chi connectivity index (χ0) is 13.1. The maximum Gasteiger partial charge on any atom is 0.445 e. The van der Waals surface area contributed by atoms with Gasteiger partial charge in [-0.3, -0.25) is 0 Å². The zero-order valence-corrected chi connectivity index (χ0v) is 11.9. The van der Waals surface area contributed by atoms with Gasteiger partial charge in [0.2, 0.25) is 10.1 Å². The summed E-state index contributed by atoms with van der Waals surface area (Å²) < 4.78 is 37.2. The lowest BCUT2D eigenvalue weighted by Crippen LogP contribution is -2.31. The normalized spacial score (nSPS) is 12.2. The molecule has 0 saturated heterocycles. The molecule has 3 nitrogen and oxygen atoms in total. The van der Waals surface area contributed by atoms with Crippen LogP contribution in [-0.4, -0.2) is 28.1 Å². The largest absolute Gasteiger partial charge is 0.445 e. The van der Waals surface area contributed by atoms with Gasteiger partial charge < -0.3 is 4.90 Å². The van der Waals surface area contributed by atoms with Crippen molar-refractivity contribution in [2.45, 2.75) is 32.5 Å². The Bertz CT molecular complexity index is 354. The summed E-state index contributed by atoms with van der Waals surface area (Å²) in [7, 11) is 0. The van der Waals surface area contributed by atoms with E-state index in [1.54, 1.807) is 0 Å². The van der Waals surface area contributed by atoms with Crippen molar-refractivity contribution in [1.82, 2.24) is 10.2 Å². The first-order valence-corrected chi connectivity index (χ1v) is 7.03. The summed E-state index contributed by atoms with van der Waals surface area (Å²) in [6.45, 7) is 4.50. The molecular formula is C9H13BrF3N3S. The minimum Gasteiger partial charge on any atom is -0.344 e. The fraction of sp³-hybridized carbons (Fsp3) is 0.778. The highest BCUT2D eigenvalue weighted by molar-refractivity contribution is 9.09. The molecule has 1 aromatic rings. The van der Waals surface area contributed by atoms with Gasteiger partial charge >= 0.3 is 6.18 Å². The molecule has 98 valence electrons. The molecule has 1 rings (SSSR count). The summed E-state index contributed by atoms with van der Waals surface area (Å²) in [5.74, 6) is 0. The maximum atomic E-state index is 12.4. The summed E-state index contributed by atoms with van der Waals surface area (Å²) in [6, 6.07) is 0.100. The third-order valence-corrected chi connectivity index (χ3v) is 3.62. The predicted octanol–water partition coefficient (Wildman–Crippen LogP) is 3.56. The van der Waals surface area contributed by atoms with Crippen LogP contribution in [0, 0.1) is 0 Å². The van der Waals surface area contributed by atoms with Crippen LogP contribution in [0.2, 0.25) is 0 Å². The van der Waals surface area contributed by atoms with Gasteiger partial charge in [-0.2, -0.15) is 13.2 Å². The van der Waals surface area contributed by atoms with Crippen molar-refractivity contribution in [3.05, 3.63) is 5.01 Å². The Morgan fingerprint density at radius 1 is 1.35 bits per heavy atom. The lowest BCUT2D eigenvalue weighted by atomic mass is 10.3. The molecule has 0 fully saturated rings. The second-order valence-electron chi connectivity index (χ2n) is 3.72. The van der Waals surface area contributed by atoms with Gasteiger partial charge in [-0.15, -0.1) is 10.2 Å². The second kappa shape index (κ2) is 5.99. The smallest absolute Gasteiger partial charge is 0.344 e. The predicted molar refractivity (Wildman–Crippen MR) is 65.8 cm³/mol. The minimum atomic E-state index is -4.41. The van der Waals surface area contributed by atoms with E-state index in [9.17, 15) is 13.2 Å². The van der Waals surface area contributed by atoms with E-state index in [-0.39, 0.29) is 6.04 Å². The molecule has 0 radical (unpaired) electrons. The molecule has 0 aromatic carbocycles. The topological polar surface area (TPSA) is 29.0 Å². The van der Waals surface area contributed by atoms with E-state index < -0.39 is 11.2 Å². The molecule has 1 aromatic heterocycles. The standard InChI is InChI=1S/C9H13BrF3N3S/c1-6(2)16(5-3-4-10)8-15-14-7(17-8)9(11,12)13/h6H,3-5H2,1-2H3. The minimum absolute atomic E-state index is 0.100. The molecule has 17 heavy (non-hydrogen) atoms. The Morgan fingerprint density at radius 2 is 2.00 bits per heavy atom. The van der Waals surface area contributed by atoms with Gasteiger partial charge in [-0.25, -0.2) is 0 Å². The van der Waals surface area contributed by atoms with E-state index in [0.29, 0.717) is 23.0 Å². The molecule has 1 heterocycles. The first-order chi connectivity index (χ1) is 7.86. The Balaban J connectivity index is 2.84. The van der Waals surface area contributed by atoms with Crippen LogP contribution in [0.5, 0.6) is 0 Å². The summed E-state index contributed by atoms with van der Waals surface area (Å²) >= 11 is 3.89. The van der Waals surface area contributed by atoms with E-state index in [1.807, 2.05) is 18.7 Å². The Morgan fingerprint density at radius 3 is 2.41 bits per heavy atom. The highest BCUT2D eigenvalue weighted by Gasteiger charge is 2.36. The average molecular weight is 332 g/mol. The van der Waals surface area contributed by atoms with Crippen molar-refractivity contribution in [3.63, 3.8) is 0 Å². The lowest BCUT2D eigenvalue weighted by molar-refractivity contribution is -0.138. The number of alkyl halides is 4. The number of anilines is 1. The van der Waals surface area contributed by atoms with Gasteiger partial charge in [0.05, 0.1) is 0 Å². The van der Waals surface area contributed by atoms with Crippen LogP contribution in [0.1, 0.15) is 25.3 Å². The lowest BCUT2D eigenvalue weighted by Gasteiger charge is -2.25. The van der Waals surface area contributed by atoms with Crippen LogP contribution in [-0.2, 0) is 6.18 Å². The Labute approximate surface area is 110 Å². The number of rotatable bonds is 5. The summed E-state index contributed by atoms with van der Waals surface area (Å²) in [5, 5.41) is 7.05. The van der Waals surface area contributed by atoms with Crippen molar-refractivity contribution in [1.29, 1.82) is 0 Å². The highest BCUT2D eigenvalue weighted by atomic mass is 79.9. The van der Waals surface area contributed by atoms with E-state index >= 15 is 0 Å². The van der Waals surface area contributed by atoms with Gasteiger partial charge in [0.15, 0.2) is 0 Å². The number of nitrogens with zero attached hydrogens (tertiary/aromatic N) is 3. The maximum absolute atomic E-state index is 12.4. The molecule has 0 saturated carbocycles. The molecule has 0 aliphatic rings. The molecule has 0 N–H and O–H groups in total. The van der Waals surface area contributed by atoms with Crippen LogP contribution < -0.4 is 4.90 Å². The van der Waals surface area contributed by atoms with Crippen LogP contribution in [0.4, 0.5) is 18.3 Å². The van der Waals surface area contributed by atoms with Crippen LogP contribution in [0.15, 0.2) is 0 Å². The zero-order valence-electron chi connectivity index (χ0n) is 9.46. The van der Waals surface area contributed by atoms with E-state index in [4.69, 9.17) is 0 Å². The third kappa shape index (κ3) is 4.09. The van der Waals surface area contributed by atoms with Gasteiger partial charge in [0.1, 0.15) is 0 Å². The molecule has 8 heteroatoms. The van der Waals surface area contributed by atoms with Gasteiger partial charge in [-0.05, 0) is 20.3 Å². The quantitative estimate of drug-likeness (QED) is 0.772. The fourth-order valence-electron chi connectivity index (χ4n) is 1.25. The van der Waals surface area contributed by atoms with Crippen LogP contribution in [0.25, 0.3) is 0 Å². The number of aromatic nitrogens is 2. The first kappa shape index (κ1) is 14.7. The number of hydrogen-bond donors (Lipinski definition) is 0. The molecule has 0 bridgehead atoms. The molecule has 0 aliphatic heterocycles. The SMILES string of the molecule is CC(C)N(CCCBr)c1nnc(C(F)(F)F)s1. The number of halogens is 4. The number of hydrogen-bond acceptors (Lipinski definition) is 4. The fourth-order valence-corrected chi connectivity index (χ4v) is 2.37. The monoisotopic (exact) mass is 331 g/mol. The van der Waals surface area contributed by atoms with E-state index in [0.717, 1.165) is 11.8 Å². The molecule has 0 spiro atoms. The van der Waals surface area contributed by atoms with Crippen molar-refractivity contribution in [2.75, 3.05) is 16.8 Å². The Kier molecular flexibility index (Phi) is 5.18. The molecule has 0 unspecified atom stereocenters. The third-order valence-electron chi connectivity index (χ3n) is 2.06. The summed E-state index contributed by atoms with van der Waals surface area (Å²) in [6.07, 6.45) is -3.56. The van der Waals surface area contributed by atoms with Gasteiger partial charge in [-0.1, -0.05) is 27.3 Å². The molecule has 0 atom stereocenters. The summed E-state index contributed by atoms with van der Waals surface area (Å²) in [4.78, 5) is 1.83. The summed E-state index contributed by atoms with van der Waals surface area (Å²) in [5.41, 5.74) is 0. The average Bonchev–Trinajstić information content (AvgIpc) is 2.66. The van der Waals surface area contributed by atoms with Crippen LogP contribution in [0.3, 0.4) is 0 Å². The van der Waals surface area contributed by atoms with Crippen molar-refractivity contribution >= 4 is 32.4 Å². The molecule has 0 amide bonds. The van der Waals surface area contributed by atoms with Crippen molar-refractivity contribution < 1.29 is 13.2 Å². The van der Waals surface area contributed by atoms with Gasteiger partial charge in [0, 0.05) is 17.9 Å². The van der Waals surface area contributed by atoms with E-state index in [1.165, 1.54) is 0 Å². The van der Waals surface area contributed by atoms with E-state index in [2.05, 4.69) is 26.1 Å². The highest BCUT2D eigenvalue weighted by Crippen LogP contribution is 2.34. The second-order valence-corrected chi connectivity index (χ2v) is 5.47. The molecule has 0 aliphatic carbocycles.